The minimum Gasteiger partial charge on any atom is -0.471 e. The van der Waals surface area contributed by atoms with Gasteiger partial charge in [-0.25, -0.2) is 0 Å². The first kappa shape index (κ1) is 18.3. The predicted molar refractivity (Wildman–Crippen MR) is 88.8 cm³/mol. The lowest BCUT2D eigenvalue weighted by Crippen LogP contribution is -2.39. The molecule has 0 spiro atoms. The summed E-state index contributed by atoms with van der Waals surface area (Å²) in [5.74, 6) is 1.60. The molecular formula is C18H35NO2. The summed E-state index contributed by atoms with van der Waals surface area (Å²) >= 11 is 0. The van der Waals surface area contributed by atoms with E-state index in [1.165, 1.54) is 38.5 Å². The number of unbranched alkanes of at least 4 members (excludes halogenated alkanes) is 2. The van der Waals surface area contributed by atoms with Crippen molar-refractivity contribution < 1.29 is 9.84 Å². The highest BCUT2D eigenvalue weighted by Crippen LogP contribution is 2.32. The zero-order chi connectivity index (χ0) is 15.7. The fourth-order valence-electron chi connectivity index (χ4n) is 3.15. The summed E-state index contributed by atoms with van der Waals surface area (Å²) in [7, 11) is 0. The van der Waals surface area contributed by atoms with E-state index in [2.05, 4.69) is 38.8 Å². The van der Waals surface area contributed by atoms with Crippen LogP contribution in [-0.4, -0.2) is 28.9 Å². The Kier molecular flexibility index (Phi) is 8.82. The van der Waals surface area contributed by atoms with Gasteiger partial charge in [-0.2, -0.15) is 0 Å². The third-order valence-corrected chi connectivity index (χ3v) is 4.62. The van der Waals surface area contributed by atoms with E-state index in [4.69, 9.17) is 4.74 Å². The summed E-state index contributed by atoms with van der Waals surface area (Å²) in [6.07, 6.45) is 11.6. The average molecular weight is 297 g/mol. The Morgan fingerprint density at radius 1 is 1.10 bits per heavy atom. The summed E-state index contributed by atoms with van der Waals surface area (Å²) in [4.78, 5) is 2.28. The maximum atomic E-state index is 9.65. The summed E-state index contributed by atoms with van der Waals surface area (Å²) < 4.78 is 6.07. The monoisotopic (exact) mass is 297 g/mol. The van der Waals surface area contributed by atoms with Gasteiger partial charge in [-0.3, -0.25) is 0 Å². The van der Waals surface area contributed by atoms with Crippen LogP contribution >= 0.6 is 0 Å². The van der Waals surface area contributed by atoms with Crippen molar-refractivity contribution in [3.63, 3.8) is 0 Å². The number of ether oxygens (including phenoxy) is 1. The third-order valence-electron chi connectivity index (χ3n) is 4.62. The first-order valence-corrected chi connectivity index (χ1v) is 8.98. The second kappa shape index (κ2) is 10.1. The van der Waals surface area contributed by atoms with Gasteiger partial charge in [0.2, 0.25) is 0 Å². The largest absolute Gasteiger partial charge is 0.471 e. The zero-order valence-electron chi connectivity index (χ0n) is 14.5. The Bertz CT molecular complexity index is 304. The van der Waals surface area contributed by atoms with Crippen molar-refractivity contribution in [3.05, 3.63) is 12.0 Å². The Morgan fingerprint density at radius 3 is 2.29 bits per heavy atom. The number of rotatable bonds is 11. The molecule has 0 aromatic heterocycles. The molecule has 21 heavy (non-hydrogen) atoms. The van der Waals surface area contributed by atoms with Crippen molar-refractivity contribution in [1.29, 1.82) is 0 Å². The van der Waals surface area contributed by atoms with Crippen LogP contribution in [0.2, 0.25) is 0 Å². The van der Waals surface area contributed by atoms with Gasteiger partial charge in [-0.1, -0.05) is 53.4 Å². The van der Waals surface area contributed by atoms with Crippen molar-refractivity contribution >= 4 is 0 Å². The number of hydrogen-bond acceptors (Lipinski definition) is 3. The van der Waals surface area contributed by atoms with Gasteiger partial charge >= 0.3 is 0 Å². The van der Waals surface area contributed by atoms with Crippen LogP contribution in [0.1, 0.15) is 79.1 Å². The van der Waals surface area contributed by atoms with Crippen molar-refractivity contribution in [2.45, 2.75) is 91.3 Å². The van der Waals surface area contributed by atoms with Crippen LogP contribution in [0.4, 0.5) is 0 Å². The molecule has 124 valence electrons. The maximum Gasteiger partial charge on any atom is 0.195 e. The lowest BCUT2D eigenvalue weighted by atomic mass is 9.97. The molecule has 0 fully saturated rings. The summed E-state index contributed by atoms with van der Waals surface area (Å²) in [6.45, 7) is 9.00. The molecule has 0 aliphatic carbocycles. The van der Waals surface area contributed by atoms with Gasteiger partial charge in [-0.15, -0.1) is 0 Å². The standard InChI is InChI=1S/C18H35NO2/c1-5-9-11-15(7-3)17-13-19(18(14-20)21-17)16(8-4)12-10-6-2/h13,15-16,18,20H,5-12,14H2,1-4H3. The lowest BCUT2D eigenvalue weighted by Gasteiger charge is -2.31. The molecule has 1 aliphatic rings. The van der Waals surface area contributed by atoms with E-state index in [9.17, 15) is 5.11 Å². The number of allylic oxidation sites excluding steroid dienone is 1. The van der Waals surface area contributed by atoms with E-state index < -0.39 is 0 Å². The van der Waals surface area contributed by atoms with E-state index in [-0.39, 0.29) is 12.8 Å². The number of aliphatic hydroxyl groups excluding tert-OH is 1. The molecule has 0 bridgehead atoms. The summed E-state index contributed by atoms with van der Waals surface area (Å²) in [5.41, 5.74) is 0. The van der Waals surface area contributed by atoms with Gasteiger partial charge in [-0.05, 0) is 25.7 Å². The van der Waals surface area contributed by atoms with Crippen LogP contribution in [0, 0.1) is 5.92 Å². The smallest absolute Gasteiger partial charge is 0.195 e. The first-order chi connectivity index (χ1) is 10.2. The van der Waals surface area contributed by atoms with Crippen LogP contribution < -0.4 is 0 Å². The van der Waals surface area contributed by atoms with Crippen molar-refractivity contribution in [1.82, 2.24) is 4.90 Å². The van der Waals surface area contributed by atoms with Crippen LogP contribution in [-0.2, 0) is 4.74 Å². The van der Waals surface area contributed by atoms with Crippen LogP contribution in [0.25, 0.3) is 0 Å². The van der Waals surface area contributed by atoms with E-state index in [1.54, 1.807) is 0 Å². The van der Waals surface area contributed by atoms with E-state index in [0.717, 1.165) is 18.6 Å². The molecule has 3 nitrogen and oxygen atoms in total. The molecule has 3 unspecified atom stereocenters. The van der Waals surface area contributed by atoms with E-state index in [1.807, 2.05) is 0 Å². The molecule has 0 saturated carbocycles. The van der Waals surface area contributed by atoms with Gasteiger partial charge in [0.25, 0.3) is 0 Å². The quantitative estimate of drug-likeness (QED) is 0.602. The van der Waals surface area contributed by atoms with Crippen LogP contribution in [0.3, 0.4) is 0 Å². The number of hydrogen-bond donors (Lipinski definition) is 1. The van der Waals surface area contributed by atoms with E-state index in [0.29, 0.717) is 12.0 Å². The van der Waals surface area contributed by atoms with Crippen LogP contribution in [0.15, 0.2) is 12.0 Å². The van der Waals surface area contributed by atoms with Gasteiger partial charge in [0.1, 0.15) is 5.76 Å². The van der Waals surface area contributed by atoms with Gasteiger partial charge < -0.3 is 14.7 Å². The fourth-order valence-corrected chi connectivity index (χ4v) is 3.15. The van der Waals surface area contributed by atoms with Gasteiger partial charge in [0.05, 0.1) is 6.61 Å². The van der Waals surface area contributed by atoms with Gasteiger partial charge in [0, 0.05) is 18.2 Å². The molecule has 3 atom stereocenters. The highest BCUT2D eigenvalue weighted by atomic mass is 16.5. The minimum atomic E-state index is -0.169. The average Bonchev–Trinajstić information content (AvgIpc) is 2.93. The first-order valence-electron chi connectivity index (χ1n) is 8.98. The predicted octanol–water partition coefficient (Wildman–Crippen LogP) is 4.66. The van der Waals surface area contributed by atoms with Crippen molar-refractivity contribution in [3.8, 4) is 0 Å². The van der Waals surface area contributed by atoms with Crippen molar-refractivity contribution in [2.24, 2.45) is 5.92 Å². The topological polar surface area (TPSA) is 32.7 Å². The van der Waals surface area contributed by atoms with Gasteiger partial charge in [0.15, 0.2) is 6.23 Å². The minimum absolute atomic E-state index is 0.0762. The Balaban J connectivity index is 2.75. The second-order valence-electron chi connectivity index (χ2n) is 6.19. The number of aliphatic hydroxyl groups is 1. The molecule has 0 radical (unpaired) electrons. The normalized spacial score (nSPS) is 21.1. The number of nitrogens with zero attached hydrogens (tertiary/aromatic N) is 1. The fraction of sp³-hybridized carbons (Fsp3) is 0.889. The summed E-state index contributed by atoms with van der Waals surface area (Å²) in [5, 5.41) is 9.65. The molecule has 3 heteroatoms. The SMILES string of the molecule is CCCCC(CC)C1=CN(C(CC)CCCC)C(CO)O1. The molecule has 0 saturated heterocycles. The Hall–Kier alpha value is -0.700. The molecule has 1 N–H and O–H groups in total. The Morgan fingerprint density at radius 2 is 1.76 bits per heavy atom. The van der Waals surface area contributed by atoms with E-state index >= 15 is 0 Å². The molecule has 1 aliphatic heterocycles. The zero-order valence-corrected chi connectivity index (χ0v) is 14.5. The molecule has 1 heterocycles. The summed E-state index contributed by atoms with van der Waals surface area (Å²) in [6, 6.07) is 0.489. The van der Waals surface area contributed by atoms with Crippen LogP contribution in [0.5, 0.6) is 0 Å². The highest BCUT2D eigenvalue weighted by molar-refractivity contribution is 5.06. The highest BCUT2D eigenvalue weighted by Gasteiger charge is 2.32. The second-order valence-corrected chi connectivity index (χ2v) is 6.19. The third kappa shape index (κ3) is 5.21. The molecule has 1 rings (SSSR count). The Labute approximate surface area is 131 Å². The molecule has 0 amide bonds. The molecule has 0 aromatic rings. The molecular weight excluding hydrogens is 262 g/mol. The maximum absolute atomic E-state index is 9.65. The van der Waals surface area contributed by atoms with Crippen molar-refractivity contribution in [2.75, 3.05) is 6.61 Å². The molecule has 0 aromatic carbocycles. The lowest BCUT2D eigenvalue weighted by molar-refractivity contribution is -0.0289.